The zero-order chi connectivity index (χ0) is 11.8. The fraction of sp³-hybridized carbons (Fsp3) is 0.643. The van der Waals surface area contributed by atoms with Crippen LogP contribution in [0.15, 0.2) is 28.5 Å². The van der Waals surface area contributed by atoms with Crippen molar-refractivity contribution in [1.29, 1.82) is 0 Å². The Morgan fingerprint density at radius 2 is 1.75 bits per heavy atom. The summed E-state index contributed by atoms with van der Waals surface area (Å²) in [7, 11) is 0. The monoisotopic (exact) mass is 220 g/mol. The zero-order valence-electron chi connectivity index (χ0n) is 10.9. The molecule has 0 unspecified atom stereocenters. The number of piperidine rings is 1. The summed E-state index contributed by atoms with van der Waals surface area (Å²) in [6.45, 7) is 8.47. The third kappa shape index (κ3) is 3.84. The molecule has 1 saturated heterocycles. The van der Waals surface area contributed by atoms with Crippen LogP contribution in [0.4, 0.5) is 0 Å². The molecule has 0 bridgehead atoms. The molecule has 0 aromatic heterocycles. The van der Waals surface area contributed by atoms with Gasteiger partial charge in [-0.25, -0.2) is 4.99 Å². The predicted molar refractivity (Wildman–Crippen MR) is 71.7 cm³/mol. The lowest BCUT2D eigenvalue weighted by Crippen LogP contribution is -2.28. The highest BCUT2D eigenvalue weighted by molar-refractivity contribution is 5.78. The van der Waals surface area contributed by atoms with E-state index in [0.717, 1.165) is 6.42 Å². The Hall–Kier alpha value is -1.05. The van der Waals surface area contributed by atoms with E-state index < -0.39 is 0 Å². The molecule has 0 atom stereocenters. The van der Waals surface area contributed by atoms with E-state index in [1.807, 2.05) is 20.1 Å². The van der Waals surface area contributed by atoms with E-state index in [1.165, 1.54) is 43.7 Å². The Morgan fingerprint density at radius 1 is 1.06 bits per heavy atom. The number of aliphatic imine (C=N–C) groups is 1. The number of likely N-dealkylation sites (tertiary alicyclic amines) is 1. The van der Waals surface area contributed by atoms with E-state index in [-0.39, 0.29) is 0 Å². The zero-order valence-corrected chi connectivity index (χ0v) is 10.9. The molecule has 90 valence electrons. The van der Waals surface area contributed by atoms with E-state index in [9.17, 15) is 0 Å². The van der Waals surface area contributed by atoms with E-state index in [2.05, 4.69) is 29.0 Å². The average molecular weight is 220 g/mol. The summed E-state index contributed by atoms with van der Waals surface area (Å²) in [5.41, 5.74) is 1.27. The first kappa shape index (κ1) is 13.0. The van der Waals surface area contributed by atoms with Crippen LogP contribution in [0, 0.1) is 0 Å². The van der Waals surface area contributed by atoms with Gasteiger partial charge in [0.2, 0.25) is 0 Å². The summed E-state index contributed by atoms with van der Waals surface area (Å²) in [6.07, 6.45) is 11.5. The van der Waals surface area contributed by atoms with Crippen molar-refractivity contribution < 1.29 is 0 Å². The molecule has 2 aliphatic heterocycles. The molecule has 0 spiro atoms. The minimum atomic E-state index is 1.03. The van der Waals surface area contributed by atoms with Gasteiger partial charge >= 0.3 is 0 Å². The summed E-state index contributed by atoms with van der Waals surface area (Å²) in [5, 5.41) is 0. The van der Waals surface area contributed by atoms with Crippen LogP contribution < -0.4 is 0 Å². The molecule has 0 saturated carbocycles. The predicted octanol–water partition coefficient (Wildman–Crippen LogP) is 3.76. The smallest absolute Gasteiger partial charge is 0.124 e. The van der Waals surface area contributed by atoms with Gasteiger partial charge in [-0.1, -0.05) is 19.9 Å². The van der Waals surface area contributed by atoms with Crippen molar-refractivity contribution >= 4 is 6.21 Å². The molecule has 0 aliphatic carbocycles. The maximum Gasteiger partial charge on any atom is 0.124 e. The molecule has 16 heavy (non-hydrogen) atoms. The Morgan fingerprint density at radius 3 is 2.44 bits per heavy atom. The third-order valence-electron chi connectivity index (χ3n) is 2.82. The van der Waals surface area contributed by atoms with Gasteiger partial charge in [0.1, 0.15) is 5.82 Å². The molecule has 0 N–H and O–H groups in total. The Balaban J connectivity index is 0.000000606. The van der Waals surface area contributed by atoms with E-state index in [0.29, 0.717) is 0 Å². The van der Waals surface area contributed by atoms with Crippen LogP contribution in [0.1, 0.15) is 46.5 Å². The summed E-state index contributed by atoms with van der Waals surface area (Å²) < 4.78 is 0. The van der Waals surface area contributed by atoms with E-state index in [1.54, 1.807) is 0 Å². The number of allylic oxidation sites excluding steroid dienone is 3. The molecule has 2 rings (SSSR count). The van der Waals surface area contributed by atoms with Crippen molar-refractivity contribution in [2.75, 3.05) is 13.1 Å². The van der Waals surface area contributed by atoms with Crippen molar-refractivity contribution in [2.45, 2.75) is 46.5 Å². The highest BCUT2D eigenvalue weighted by Gasteiger charge is 2.12. The first-order valence-corrected chi connectivity index (χ1v) is 6.52. The van der Waals surface area contributed by atoms with Crippen LogP contribution in [0.2, 0.25) is 0 Å². The minimum absolute atomic E-state index is 1.03. The topological polar surface area (TPSA) is 15.6 Å². The largest absolute Gasteiger partial charge is 0.357 e. The van der Waals surface area contributed by atoms with Crippen LogP contribution >= 0.6 is 0 Å². The van der Waals surface area contributed by atoms with Crippen LogP contribution in [0.3, 0.4) is 0 Å². The summed E-state index contributed by atoms with van der Waals surface area (Å²) in [6, 6.07) is 0. The number of hydrogen-bond acceptors (Lipinski definition) is 2. The van der Waals surface area contributed by atoms with Crippen molar-refractivity contribution in [3.05, 3.63) is 23.5 Å². The van der Waals surface area contributed by atoms with Gasteiger partial charge < -0.3 is 4.90 Å². The van der Waals surface area contributed by atoms with Gasteiger partial charge in [0, 0.05) is 19.3 Å². The SMILES string of the molecule is CC.CC1=CCC=C(N2CCCCC2)N=C1. The van der Waals surface area contributed by atoms with Crippen molar-refractivity contribution in [3.8, 4) is 0 Å². The average Bonchev–Trinajstić information content (AvgIpc) is 2.58. The number of rotatable bonds is 1. The molecule has 2 heteroatoms. The lowest BCUT2D eigenvalue weighted by Gasteiger charge is -2.28. The van der Waals surface area contributed by atoms with Crippen LogP contribution in [0.5, 0.6) is 0 Å². The maximum atomic E-state index is 4.52. The lowest BCUT2D eigenvalue weighted by molar-refractivity contribution is 0.283. The summed E-state index contributed by atoms with van der Waals surface area (Å²) in [4.78, 5) is 6.93. The van der Waals surface area contributed by atoms with E-state index >= 15 is 0 Å². The van der Waals surface area contributed by atoms with Crippen molar-refractivity contribution in [1.82, 2.24) is 4.90 Å². The van der Waals surface area contributed by atoms with E-state index in [4.69, 9.17) is 0 Å². The second-order valence-corrected chi connectivity index (χ2v) is 4.05. The highest BCUT2D eigenvalue weighted by atomic mass is 15.2. The standard InChI is InChI=1S/C12H18N2.C2H6/c1-11-6-5-7-12(13-10-11)14-8-3-2-4-9-14;1-2/h6-7,10H,2-5,8-9H2,1H3;1-2H3. The van der Waals surface area contributed by atoms with Gasteiger partial charge in [-0.3, -0.25) is 0 Å². The normalized spacial score (nSPS) is 20.3. The molecule has 2 heterocycles. The third-order valence-corrected chi connectivity index (χ3v) is 2.82. The first-order valence-electron chi connectivity index (χ1n) is 6.52. The quantitative estimate of drug-likeness (QED) is 0.657. The second-order valence-electron chi connectivity index (χ2n) is 4.05. The minimum Gasteiger partial charge on any atom is -0.357 e. The molecule has 0 radical (unpaired) electrons. The molecule has 1 fully saturated rings. The number of nitrogens with zero attached hydrogens (tertiary/aromatic N) is 2. The van der Waals surface area contributed by atoms with Crippen molar-refractivity contribution in [3.63, 3.8) is 0 Å². The Bertz CT molecular complexity index is 281. The maximum absolute atomic E-state index is 4.52. The van der Waals surface area contributed by atoms with Crippen LogP contribution in [-0.2, 0) is 0 Å². The fourth-order valence-electron chi connectivity index (χ4n) is 1.96. The van der Waals surface area contributed by atoms with Crippen molar-refractivity contribution in [2.24, 2.45) is 4.99 Å². The van der Waals surface area contributed by atoms with Gasteiger partial charge in [-0.05, 0) is 44.3 Å². The van der Waals surface area contributed by atoms with Crippen LogP contribution in [0.25, 0.3) is 0 Å². The first-order chi connectivity index (χ1) is 7.86. The van der Waals surface area contributed by atoms with Gasteiger partial charge in [0.05, 0.1) is 0 Å². The van der Waals surface area contributed by atoms with Crippen LogP contribution in [-0.4, -0.2) is 24.2 Å². The molecule has 0 aromatic carbocycles. The fourth-order valence-corrected chi connectivity index (χ4v) is 1.96. The molecule has 0 amide bonds. The molecular weight excluding hydrogens is 196 g/mol. The summed E-state index contributed by atoms with van der Waals surface area (Å²) >= 11 is 0. The Kier molecular flexibility index (Phi) is 5.91. The number of hydrogen-bond donors (Lipinski definition) is 0. The van der Waals surface area contributed by atoms with Gasteiger partial charge in [-0.2, -0.15) is 0 Å². The van der Waals surface area contributed by atoms with Gasteiger partial charge in [0.15, 0.2) is 0 Å². The van der Waals surface area contributed by atoms with Gasteiger partial charge in [0.25, 0.3) is 0 Å². The summed E-state index contributed by atoms with van der Waals surface area (Å²) in [5.74, 6) is 1.18. The molecular formula is C14H24N2. The molecule has 2 nitrogen and oxygen atoms in total. The van der Waals surface area contributed by atoms with Gasteiger partial charge in [-0.15, -0.1) is 0 Å². The second kappa shape index (κ2) is 7.26. The molecule has 0 aromatic rings. The highest BCUT2D eigenvalue weighted by Crippen LogP contribution is 2.17. The molecule has 2 aliphatic rings. The lowest BCUT2D eigenvalue weighted by atomic mass is 10.1. The Labute approximate surface area is 99.8 Å².